The summed E-state index contributed by atoms with van der Waals surface area (Å²) >= 11 is 0. The summed E-state index contributed by atoms with van der Waals surface area (Å²) < 4.78 is 13.0. The zero-order valence-corrected chi connectivity index (χ0v) is 15.5. The van der Waals surface area contributed by atoms with Crippen LogP contribution < -0.4 is 0 Å². The van der Waals surface area contributed by atoms with Gasteiger partial charge in [-0.05, 0) is 20.3 Å². The Bertz CT molecular complexity index is 587. The predicted octanol–water partition coefficient (Wildman–Crippen LogP) is 1.05. The van der Waals surface area contributed by atoms with Crippen molar-refractivity contribution in [1.29, 1.82) is 0 Å². The van der Waals surface area contributed by atoms with Gasteiger partial charge in [-0.15, -0.1) is 0 Å². The Morgan fingerprint density at radius 1 is 1.24 bits per heavy atom. The van der Waals surface area contributed by atoms with E-state index < -0.39 is 0 Å². The Balaban J connectivity index is 1.61. The van der Waals surface area contributed by atoms with Gasteiger partial charge in [0.25, 0.3) is 0 Å². The summed E-state index contributed by atoms with van der Waals surface area (Å²) in [5.41, 5.74) is 3.76. The van der Waals surface area contributed by atoms with Crippen molar-refractivity contribution in [3.8, 4) is 0 Å². The van der Waals surface area contributed by atoms with Gasteiger partial charge in [0.2, 0.25) is 5.91 Å². The summed E-state index contributed by atoms with van der Waals surface area (Å²) in [5.74, 6) is 0.102. The Hall–Kier alpha value is -1.44. The van der Waals surface area contributed by atoms with Crippen LogP contribution >= 0.6 is 0 Å². The third kappa shape index (κ3) is 4.40. The van der Waals surface area contributed by atoms with Crippen molar-refractivity contribution in [2.24, 2.45) is 0 Å². The molecule has 0 aliphatic carbocycles. The maximum atomic E-state index is 12.2. The zero-order valence-electron chi connectivity index (χ0n) is 15.5. The number of carbonyl (C=O) groups excluding carboxylic acids is 1. The second kappa shape index (κ2) is 8.78. The smallest absolute Gasteiger partial charge is 0.248 e. The summed E-state index contributed by atoms with van der Waals surface area (Å²) in [6.07, 6.45) is 1.95. The molecule has 25 heavy (non-hydrogen) atoms. The molecule has 1 saturated heterocycles. The first-order valence-electron chi connectivity index (χ1n) is 9.46. The lowest BCUT2D eigenvalue weighted by Crippen LogP contribution is -2.37. The van der Waals surface area contributed by atoms with Crippen LogP contribution in [0.3, 0.4) is 0 Å². The molecule has 0 saturated carbocycles. The standard InChI is InChI=1S/C18H30N4O3/c1-3-22-17-6-11-25-13-15(17)16(19-22)12-20-7-5-8-21(10-9-20)18(23)14-24-4-2/h3-14H2,1-2H3. The molecule has 3 heterocycles. The van der Waals surface area contributed by atoms with Crippen LogP contribution in [0.2, 0.25) is 0 Å². The summed E-state index contributed by atoms with van der Waals surface area (Å²) in [4.78, 5) is 16.5. The zero-order chi connectivity index (χ0) is 17.6. The molecule has 1 aromatic rings. The quantitative estimate of drug-likeness (QED) is 0.767. The third-order valence-corrected chi connectivity index (χ3v) is 5.02. The van der Waals surface area contributed by atoms with E-state index in [2.05, 4.69) is 16.5 Å². The number of carbonyl (C=O) groups is 1. The van der Waals surface area contributed by atoms with Gasteiger partial charge in [-0.2, -0.15) is 5.10 Å². The van der Waals surface area contributed by atoms with E-state index in [-0.39, 0.29) is 12.5 Å². The summed E-state index contributed by atoms with van der Waals surface area (Å²) in [6, 6.07) is 0. The summed E-state index contributed by atoms with van der Waals surface area (Å²) in [5, 5.41) is 4.82. The Labute approximate surface area is 149 Å². The van der Waals surface area contributed by atoms with Crippen LogP contribution in [0.4, 0.5) is 0 Å². The van der Waals surface area contributed by atoms with E-state index in [1.54, 1.807) is 0 Å². The van der Waals surface area contributed by atoms with Crippen molar-refractivity contribution < 1.29 is 14.3 Å². The van der Waals surface area contributed by atoms with Gasteiger partial charge in [-0.3, -0.25) is 14.4 Å². The third-order valence-electron chi connectivity index (χ3n) is 5.02. The number of hydrogen-bond donors (Lipinski definition) is 0. The van der Waals surface area contributed by atoms with E-state index in [0.29, 0.717) is 13.2 Å². The molecular formula is C18H30N4O3. The van der Waals surface area contributed by atoms with E-state index in [4.69, 9.17) is 14.6 Å². The number of amides is 1. The fraction of sp³-hybridized carbons (Fsp3) is 0.778. The number of nitrogens with zero attached hydrogens (tertiary/aromatic N) is 4. The second-order valence-electron chi connectivity index (χ2n) is 6.64. The van der Waals surface area contributed by atoms with Crippen LogP contribution in [0.25, 0.3) is 0 Å². The van der Waals surface area contributed by atoms with Crippen molar-refractivity contribution in [3.05, 3.63) is 17.0 Å². The Morgan fingerprint density at radius 3 is 2.92 bits per heavy atom. The maximum absolute atomic E-state index is 12.2. The van der Waals surface area contributed by atoms with E-state index >= 15 is 0 Å². The lowest BCUT2D eigenvalue weighted by molar-refractivity contribution is -0.135. The fourth-order valence-electron chi connectivity index (χ4n) is 3.64. The van der Waals surface area contributed by atoms with Crippen molar-refractivity contribution >= 4 is 5.91 Å². The van der Waals surface area contributed by atoms with Crippen LogP contribution in [0.5, 0.6) is 0 Å². The largest absolute Gasteiger partial charge is 0.376 e. The second-order valence-corrected chi connectivity index (χ2v) is 6.64. The molecule has 0 spiro atoms. The highest BCUT2D eigenvalue weighted by Gasteiger charge is 2.24. The number of hydrogen-bond acceptors (Lipinski definition) is 5. The molecule has 0 radical (unpaired) electrons. The Kier molecular flexibility index (Phi) is 6.45. The van der Waals surface area contributed by atoms with Crippen molar-refractivity contribution in [3.63, 3.8) is 0 Å². The molecule has 1 amide bonds. The molecule has 1 aromatic heterocycles. The number of ether oxygens (including phenoxy) is 2. The SMILES string of the molecule is CCOCC(=O)N1CCCN(Cc2nn(CC)c3c2COCC3)CC1. The normalized spacial score (nSPS) is 18.9. The van der Waals surface area contributed by atoms with E-state index in [1.807, 2.05) is 11.8 Å². The van der Waals surface area contributed by atoms with Crippen LogP contribution in [0.15, 0.2) is 0 Å². The molecule has 3 rings (SSSR count). The minimum Gasteiger partial charge on any atom is -0.376 e. The van der Waals surface area contributed by atoms with Crippen LogP contribution in [0.1, 0.15) is 37.2 Å². The highest BCUT2D eigenvalue weighted by Crippen LogP contribution is 2.22. The van der Waals surface area contributed by atoms with Crippen LogP contribution in [-0.4, -0.2) is 71.5 Å². The molecule has 0 N–H and O–H groups in total. The minimum absolute atomic E-state index is 0.102. The first-order valence-corrected chi connectivity index (χ1v) is 9.46. The molecule has 0 aromatic carbocycles. The highest BCUT2D eigenvalue weighted by molar-refractivity contribution is 5.77. The van der Waals surface area contributed by atoms with Gasteiger partial charge in [-0.25, -0.2) is 0 Å². The minimum atomic E-state index is 0.102. The molecule has 1 fully saturated rings. The molecule has 7 heteroatoms. The number of aromatic nitrogens is 2. The lowest BCUT2D eigenvalue weighted by Gasteiger charge is -2.22. The van der Waals surface area contributed by atoms with Crippen LogP contribution in [0, 0.1) is 0 Å². The van der Waals surface area contributed by atoms with Crippen LogP contribution in [-0.2, 0) is 40.4 Å². The van der Waals surface area contributed by atoms with Gasteiger partial charge in [-0.1, -0.05) is 0 Å². The van der Waals surface area contributed by atoms with Gasteiger partial charge < -0.3 is 14.4 Å². The Morgan fingerprint density at radius 2 is 2.12 bits per heavy atom. The maximum Gasteiger partial charge on any atom is 0.248 e. The number of rotatable bonds is 6. The molecule has 2 aliphatic heterocycles. The molecule has 7 nitrogen and oxygen atoms in total. The molecule has 140 valence electrons. The van der Waals surface area contributed by atoms with Gasteiger partial charge >= 0.3 is 0 Å². The average Bonchev–Trinajstić information content (AvgIpc) is 2.82. The molecule has 2 aliphatic rings. The van der Waals surface area contributed by atoms with Crippen molar-refractivity contribution in [2.45, 2.75) is 46.4 Å². The molecule has 0 unspecified atom stereocenters. The van der Waals surface area contributed by atoms with Crippen molar-refractivity contribution in [1.82, 2.24) is 19.6 Å². The van der Waals surface area contributed by atoms with E-state index in [1.165, 1.54) is 11.3 Å². The van der Waals surface area contributed by atoms with Gasteiger partial charge in [0.15, 0.2) is 0 Å². The highest BCUT2D eigenvalue weighted by atomic mass is 16.5. The van der Waals surface area contributed by atoms with E-state index in [9.17, 15) is 4.79 Å². The average molecular weight is 350 g/mol. The predicted molar refractivity (Wildman–Crippen MR) is 94.2 cm³/mol. The topological polar surface area (TPSA) is 59.8 Å². The van der Waals surface area contributed by atoms with Gasteiger partial charge in [0.1, 0.15) is 6.61 Å². The number of fused-ring (bicyclic) bond motifs is 1. The summed E-state index contributed by atoms with van der Waals surface area (Å²) in [6.45, 7) is 11.5. The first kappa shape index (κ1) is 18.4. The fourth-order valence-corrected chi connectivity index (χ4v) is 3.64. The van der Waals surface area contributed by atoms with Gasteiger partial charge in [0, 0.05) is 63.6 Å². The molecule has 0 atom stereocenters. The van der Waals surface area contributed by atoms with Gasteiger partial charge in [0.05, 0.1) is 18.9 Å². The summed E-state index contributed by atoms with van der Waals surface area (Å²) in [7, 11) is 0. The van der Waals surface area contributed by atoms with Crippen molar-refractivity contribution in [2.75, 3.05) is 46.0 Å². The molecule has 0 bridgehead atoms. The lowest BCUT2D eigenvalue weighted by atomic mass is 10.1. The van der Waals surface area contributed by atoms with E-state index in [0.717, 1.165) is 64.4 Å². The first-order chi connectivity index (χ1) is 12.2. The monoisotopic (exact) mass is 350 g/mol. The number of aryl methyl sites for hydroxylation is 1. The molecular weight excluding hydrogens is 320 g/mol.